The number of piperazine rings is 1. The molecule has 1 N–H and O–H groups in total. The van der Waals surface area contributed by atoms with E-state index in [2.05, 4.69) is 19.9 Å². The first-order chi connectivity index (χ1) is 11.1. The van der Waals surface area contributed by atoms with Gasteiger partial charge in [-0.15, -0.1) is 0 Å². The SMILES string of the molecule is O=C(c1ccc(OC(F)F)cc1)N1CCN(c2ncn[nH]2)CC1. The van der Waals surface area contributed by atoms with Gasteiger partial charge in [-0.2, -0.15) is 18.9 Å². The molecule has 0 spiro atoms. The first kappa shape index (κ1) is 15.2. The Hall–Kier alpha value is -2.71. The Morgan fingerprint density at radius 1 is 1.17 bits per heavy atom. The van der Waals surface area contributed by atoms with Crippen LogP contribution in [0.25, 0.3) is 0 Å². The van der Waals surface area contributed by atoms with Crippen molar-refractivity contribution in [2.45, 2.75) is 6.61 Å². The van der Waals surface area contributed by atoms with E-state index in [1.807, 2.05) is 4.90 Å². The fraction of sp³-hybridized carbons (Fsp3) is 0.357. The quantitative estimate of drug-likeness (QED) is 0.920. The van der Waals surface area contributed by atoms with Crippen molar-refractivity contribution in [1.29, 1.82) is 0 Å². The summed E-state index contributed by atoms with van der Waals surface area (Å²) in [6, 6.07) is 5.71. The van der Waals surface area contributed by atoms with Crippen LogP contribution in [0.5, 0.6) is 5.75 Å². The number of nitrogens with zero attached hydrogens (tertiary/aromatic N) is 4. The first-order valence-corrected chi connectivity index (χ1v) is 7.08. The van der Waals surface area contributed by atoms with Crippen LogP contribution in [-0.4, -0.2) is 58.8 Å². The number of aromatic amines is 1. The van der Waals surface area contributed by atoms with Gasteiger partial charge in [0.1, 0.15) is 12.1 Å². The Morgan fingerprint density at radius 2 is 1.87 bits per heavy atom. The highest BCUT2D eigenvalue weighted by atomic mass is 19.3. The average Bonchev–Trinajstić information content (AvgIpc) is 3.09. The maximum Gasteiger partial charge on any atom is 0.387 e. The van der Waals surface area contributed by atoms with Gasteiger partial charge in [-0.25, -0.2) is 5.10 Å². The van der Waals surface area contributed by atoms with E-state index in [1.165, 1.54) is 30.6 Å². The van der Waals surface area contributed by atoms with Crippen LogP contribution in [0.4, 0.5) is 14.7 Å². The lowest BCUT2D eigenvalue weighted by Gasteiger charge is -2.34. The van der Waals surface area contributed by atoms with E-state index >= 15 is 0 Å². The Morgan fingerprint density at radius 3 is 2.43 bits per heavy atom. The summed E-state index contributed by atoms with van der Waals surface area (Å²) in [5, 5.41) is 6.59. The number of halogens is 2. The molecule has 1 aliphatic heterocycles. The number of ether oxygens (including phenoxy) is 1. The standard InChI is InChI=1S/C14H15F2N5O2/c15-13(16)23-11-3-1-10(2-4-11)12(22)20-5-7-21(8-6-20)14-17-9-18-19-14/h1-4,9,13H,5-8H2,(H,17,18,19). The molecule has 0 atom stereocenters. The van der Waals surface area contributed by atoms with E-state index in [9.17, 15) is 13.6 Å². The van der Waals surface area contributed by atoms with E-state index in [0.717, 1.165) is 0 Å². The molecule has 1 aliphatic rings. The zero-order valence-corrected chi connectivity index (χ0v) is 12.2. The van der Waals surface area contributed by atoms with Crippen LogP contribution in [0.1, 0.15) is 10.4 Å². The summed E-state index contributed by atoms with van der Waals surface area (Å²) in [4.78, 5) is 20.2. The van der Waals surface area contributed by atoms with E-state index in [-0.39, 0.29) is 11.7 Å². The van der Waals surface area contributed by atoms with Crippen molar-refractivity contribution in [1.82, 2.24) is 20.1 Å². The molecular formula is C14H15F2N5O2. The van der Waals surface area contributed by atoms with Crippen LogP contribution < -0.4 is 9.64 Å². The summed E-state index contributed by atoms with van der Waals surface area (Å²) < 4.78 is 28.5. The zero-order valence-electron chi connectivity index (χ0n) is 12.2. The van der Waals surface area contributed by atoms with Gasteiger partial charge in [-0.05, 0) is 24.3 Å². The second-order valence-corrected chi connectivity index (χ2v) is 4.99. The number of nitrogens with one attached hydrogen (secondary N) is 1. The molecule has 122 valence electrons. The molecule has 9 heteroatoms. The molecule has 1 aromatic carbocycles. The summed E-state index contributed by atoms with van der Waals surface area (Å²) in [6.07, 6.45) is 1.44. The lowest BCUT2D eigenvalue weighted by atomic mass is 10.1. The molecule has 1 saturated heterocycles. The molecule has 0 unspecified atom stereocenters. The summed E-state index contributed by atoms with van der Waals surface area (Å²) in [7, 11) is 0. The molecule has 2 heterocycles. The molecular weight excluding hydrogens is 308 g/mol. The van der Waals surface area contributed by atoms with E-state index in [1.54, 1.807) is 4.90 Å². The Labute approximate surface area is 130 Å². The predicted octanol–water partition coefficient (Wildman–Crippen LogP) is 1.37. The molecule has 3 rings (SSSR count). The summed E-state index contributed by atoms with van der Waals surface area (Å²) in [5.74, 6) is 0.586. The minimum Gasteiger partial charge on any atom is -0.435 e. The third-order valence-electron chi connectivity index (χ3n) is 3.60. The summed E-state index contributed by atoms with van der Waals surface area (Å²) >= 11 is 0. The van der Waals surface area contributed by atoms with Crippen LogP contribution >= 0.6 is 0 Å². The minimum atomic E-state index is -2.87. The number of aromatic nitrogens is 3. The summed E-state index contributed by atoms with van der Waals surface area (Å²) in [5.41, 5.74) is 0.444. The third kappa shape index (κ3) is 3.55. The fourth-order valence-corrected chi connectivity index (χ4v) is 2.43. The number of alkyl halides is 2. The highest BCUT2D eigenvalue weighted by Gasteiger charge is 2.23. The second-order valence-electron chi connectivity index (χ2n) is 4.99. The molecule has 1 aromatic heterocycles. The molecule has 0 bridgehead atoms. The lowest BCUT2D eigenvalue weighted by molar-refractivity contribution is -0.0498. The van der Waals surface area contributed by atoms with Crippen molar-refractivity contribution in [3.63, 3.8) is 0 Å². The van der Waals surface area contributed by atoms with Crippen molar-refractivity contribution in [3.8, 4) is 5.75 Å². The number of anilines is 1. The molecule has 1 fully saturated rings. The van der Waals surface area contributed by atoms with Crippen LogP contribution in [0.15, 0.2) is 30.6 Å². The smallest absolute Gasteiger partial charge is 0.387 e. The van der Waals surface area contributed by atoms with Gasteiger partial charge in [0.15, 0.2) is 0 Å². The normalized spacial score (nSPS) is 15.1. The van der Waals surface area contributed by atoms with Gasteiger partial charge < -0.3 is 14.5 Å². The van der Waals surface area contributed by atoms with Crippen molar-refractivity contribution in [3.05, 3.63) is 36.2 Å². The third-order valence-corrected chi connectivity index (χ3v) is 3.60. The van der Waals surface area contributed by atoms with Gasteiger partial charge >= 0.3 is 6.61 Å². The summed E-state index contributed by atoms with van der Waals surface area (Å²) in [6.45, 7) is -0.481. The number of carbonyl (C=O) groups is 1. The maximum atomic E-state index is 12.4. The van der Waals surface area contributed by atoms with Crippen molar-refractivity contribution in [2.75, 3.05) is 31.1 Å². The van der Waals surface area contributed by atoms with Crippen LogP contribution in [-0.2, 0) is 0 Å². The van der Waals surface area contributed by atoms with Crippen molar-refractivity contribution < 1.29 is 18.3 Å². The molecule has 7 nitrogen and oxygen atoms in total. The molecule has 0 radical (unpaired) electrons. The van der Waals surface area contributed by atoms with Gasteiger partial charge in [-0.3, -0.25) is 4.79 Å². The molecule has 0 aliphatic carbocycles. The Balaban J connectivity index is 1.58. The topological polar surface area (TPSA) is 74.3 Å². The van der Waals surface area contributed by atoms with E-state index < -0.39 is 6.61 Å². The first-order valence-electron chi connectivity index (χ1n) is 7.08. The minimum absolute atomic E-state index is 0.0340. The maximum absolute atomic E-state index is 12.4. The van der Waals surface area contributed by atoms with E-state index in [4.69, 9.17) is 0 Å². The second kappa shape index (κ2) is 6.59. The zero-order chi connectivity index (χ0) is 16.2. The van der Waals surface area contributed by atoms with Gasteiger partial charge in [0.2, 0.25) is 5.95 Å². The van der Waals surface area contributed by atoms with E-state index in [0.29, 0.717) is 37.7 Å². The fourth-order valence-electron chi connectivity index (χ4n) is 2.43. The van der Waals surface area contributed by atoms with Gasteiger partial charge in [0.05, 0.1) is 0 Å². The average molecular weight is 323 g/mol. The highest BCUT2D eigenvalue weighted by molar-refractivity contribution is 5.94. The Kier molecular flexibility index (Phi) is 4.35. The monoisotopic (exact) mass is 323 g/mol. The number of amides is 1. The molecule has 1 amide bonds. The Bertz CT molecular complexity index is 640. The number of H-pyrrole nitrogens is 1. The van der Waals surface area contributed by atoms with Gasteiger partial charge in [0.25, 0.3) is 5.91 Å². The van der Waals surface area contributed by atoms with Crippen molar-refractivity contribution >= 4 is 11.9 Å². The van der Waals surface area contributed by atoms with Crippen LogP contribution in [0, 0.1) is 0 Å². The van der Waals surface area contributed by atoms with Crippen LogP contribution in [0.3, 0.4) is 0 Å². The number of hydrogen-bond donors (Lipinski definition) is 1. The number of hydrogen-bond acceptors (Lipinski definition) is 5. The molecule has 2 aromatic rings. The molecule has 0 saturated carbocycles. The number of carbonyl (C=O) groups excluding carboxylic acids is 1. The highest BCUT2D eigenvalue weighted by Crippen LogP contribution is 2.17. The van der Waals surface area contributed by atoms with Gasteiger partial charge in [0, 0.05) is 31.7 Å². The van der Waals surface area contributed by atoms with Gasteiger partial charge in [-0.1, -0.05) is 0 Å². The molecule has 23 heavy (non-hydrogen) atoms. The predicted molar refractivity (Wildman–Crippen MR) is 77.6 cm³/mol. The number of rotatable bonds is 4. The number of benzene rings is 1. The lowest BCUT2D eigenvalue weighted by Crippen LogP contribution is -2.49. The van der Waals surface area contributed by atoms with Crippen molar-refractivity contribution in [2.24, 2.45) is 0 Å². The van der Waals surface area contributed by atoms with Crippen LogP contribution in [0.2, 0.25) is 0 Å². The largest absolute Gasteiger partial charge is 0.435 e.